The average Bonchev–Trinajstić information content (AvgIpc) is 2.87. The van der Waals surface area contributed by atoms with Gasteiger partial charge in [0.2, 0.25) is 0 Å². The smallest absolute Gasteiger partial charge is 0.139 e. The van der Waals surface area contributed by atoms with E-state index >= 15 is 0 Å². The molecule has 0 spiro atoms. The minimum absolute atomic E-state index is 0.298. The Morgan fingerprint density at radius 3 is 2.81 bits per heavy atom. The maximum atomic E-state index is 12.1. The molecule has 1 unspecified atom stereocenters. The summed E-state index contributed by atoms with van der Waals surface area (Å²) < 4.78 is 1.16. The van der Waals surface area contributed by atoms with Crippen molar-refractivity contribution in [3.63, 3.8) is 0 Å². The van der Waals surface area contributed by atoms with Crippen molar-refractivity contribution in [3.05, 3.63) is 29.3 Å². The molecule has 0 saturated heterocycles. The Morgan fingerprint density at radius 1 is 1.29 bits per heavy atom. The van der Waals surface area contributed by atoms with Gasteiger partial charge in [0, 0.05) is 6.42 Å². The molecule has 0 radical (unpaired) electrons. The van der Waals surface area contributed by atoms with Crippen LogP contribution in [-0.2, 0) is 11.2 Å². The number of hydrogen-bond donors (Lipinski definition) is 1. The Bertz CT molecular complexity index is 540. The van der Waals surface area contributed by atoms with E-state index in [-0.39, 0.29) is 0 Å². The molecule has 114 valence electrons. The molecule has 3 nitrogen and oxygen atoms in total. The molecule has 0 bridgehead atoms. The fraction of sp³-hybridized carbons (Fsp3) is 0.529. The van der Waals surface area contributed by atoms with Gasteiger partial charge in [-0.2, -0.15) is 0 Å². The van der Waals surface area contributed by atoms with Gasteiger partial charge in [0.1, 0.15) is 10.8 Å². The fourth-order valence-corrected chi connectivity index (χ4v) is 3.69. The van der Waals surface area contributed by atoms with Gasteiger partial charge in [-0.15, -0.1) is 11.3 Å². The summed E-state index contributed by atoms with van der Waals surface area (Å²) in [5, 5.41) is 0.937. The maximum absolute atomic E-state index is 12.1. The molecule has 1 heterocycles. The molecule has 0 amide bonds. The zero-order valence-corrected chi connectivity index (χ0v) is 13.5. The quantitative estimate of drug-likeness (QED) is 0.763. The van der Waals surface area contributed by atoms with E-state index in [0.717, 1.165) is 41.0 Å². The Hall–Kier alpha value is -1.26. The van der Waals surface area contributed by atoms with Crippen molar-refractivity contribution in [2.24, 2.45) is 11.7 Å². The lowest BCUT2D eigenvalue weighted by Crippen LogP contribution is -2.11. The third kappa shape index (κ3) is 4.90. The first-order valence-corrected chi connectivity index (χ1v) is 8.60. The van der Waals surface area contributed by atoms with Crippen molar-refractivity contribution in [2.45, 2.75) is 45.4 Å². The molecule has 1 aromatic carbocycles. The molecule has 21 heavy (non-hydrogen) atoms. The van der Waals surface area contributed by atoms with Crippen LogP contribution >= 0.6 is 11.3 Å². The highest BCUT2D eigenvalue weighted by Gasteiger charge is 2.12. The zero-order valence-electron chi connectivity index (χ0n) is 12.7. The van der Waals surface area contributed by atoms with Crippen LogP contribution < -0.4 is 5.73 Å². The van der Waals surface area contributed by atoms with Crippen molar-refractivity contribution in [2.75, 3.05) is 6.54 Å². The SMILES string of the molecule is CCCC(CCN)CCC(=O)Cc1nc2ccccc2s1. The number of rotatable bonds is 9. The van der Waals surface area contributed by atoms with Gasteiger partial charge in [-0.3, -0.25) is 4.79 Å². The van der Waals surface area contributed by atoms with Gasteiger partial charge in [0.05, 0.1) is 16.6 Å². The van der Waals surface area contributed by atoms with Gasteiger partial charge in [0.15, 0.2) is 0 Å². The van der Waals surface area contributed by atoms with Crippen LogP contribution in [0.1, 0.15) is 44.0 Å². The van der Waals surface area contributed by atoms with E-state index in [2.05, 4.69) is 18.0 Å². The van der Waals surface area contributed by atoms with Crippen LogP contribution in [0, 0.1) is 5.92 Å². The zero-order chi connectivity index (χ0) is 15.1. The first kappa shape index (κ1) is 16.1. The average molecular weight is 304 g/mol. The van der Waals surface area contributed by atoms with Crippen LogP contribution in [0.3, 0.4) is 0 Å². The Balaban J connectivity index is 1.86. The van der Waals surface area contributed by atoms with E-state index in [1.165, 1.54) is 6.42 Å². The number of nitrogens with zero attached hydrogens (tertiary/aromatic N) is 1. The summed E-state index contributed by atoms with van der Waals surface area (Å²) in [6.07, 6.45) is 5.46. The Labute approximate surface area is 130 Å². The molecule has 1 aromatic heterocycles. The monoisotopic (exact) mass is 304 g/mol. The lowest BCUT2D eigenvalue weighted by molar-refractivity contribution is -0.118. The van der Waals surface area contributed by atoms with E-state index in [0.29, 0.717) is 24.5 Å². The third-order valence-corrected chi connectivity index (χ3v) is 4.83. The van der Waals surface area contributed by atoms with Gasteiger partial charge in [-0.05, 0) is 37.4 Å². The molecule has 2 rings (SSSR count). The summed E-state index contributed by atoms with van der Waals surface area (Å²) in [5.41, 5.74) is 6.64. The molecular weight excluding hydrogens is 280 g/mol. The predicted molar refractivity (Wildman–Crippen MR) is 89.6 cm³/mol. The van der Waals surface area contributed by atoms with Crippen molar-refractivity contribution in [1.82, 2.24) is 4.98 Å². The van der Waals surface area contributed by atoms with Crippen molar-refractivity contribution in [3.8, 4) is 0 Å². The third-order valence-electron chi connectivity index (χ3n) is 3.79. The van der Waals surface area contributed by atoms with E-state index in [1.54, 1.807) is 11.3 Å². The van der Waals surface area contributed by atoms with Gasteiger partial charge in [-0.25, -0.2) is 4.98 Å². The number of ketones is 1. The van der Waals surface area contributed by atoms with Crippen LogP contribution in [0.2, 0.25) is 0 Å². The fourth-order valence-electron chi connectivity index (χ4n) is 2.69. The highest BCUT2D eigenvalue weighted by Crippen LogP contribution is 2.23. The molecule has 2 N–H and O–H groups in total. The summed E-state index contributed by atoms with van der Waals surface area (Å²) in [6.45, 7) is 2.91. The number of para-hydroxylation sites is 1. The van der Waals surface area contributed by atoms with Crippen molar-refractivity contribution < 1.29 is 4.79 Å². The van der Waals surface area contributed by atoms with Gasteiger partial charge in [-0.1, -0.05) is 31.9 Å². The lowest BCUT2D eigenvalue weighted by atomic mass is 9.93. The van der Waals surface area contributed by atoms with Crippen LogP contribution in [0.25, 0.3) is 10.2 Å². The minimum atomic E-state index is 0.298. The normalized spacial score (nSPS) is 12.7. The number of fused-ring (bicyclic) bond motifs is 1. The Kier molecular flexibility index (Phi) is 6.33. The van der Waals surface area contributed by atoms with Crippen LogP contribution in [-0.4, -0.2) is 17.3 Å². The first-order chi connectivity index (χ1) is 10.2. The molecule has 0 fully saturated rings. The van der Waals surface area contributed by atoms with E-state index < -0.39 is 0 Å². The number of carbonyl (C=O) groups excluding carboxylic acids is 1. The number of thiazole rings is 1. The second-order valence-electron chi connectivity index (χ2n) is 5.56. The topological polar surface area (TPSA) is 56.0 Å². The molecule has 0 aliphatic heterocycles. The van der Waals surface area contributed by atoms with Gasteiger partial charge < -0.3 is 5.73 Å². The number of benzene rings is 1. The number of nitrogens with two attached hydrogens (primary N) is 1. The second kappa shape index (κ2) is 8.25. The number of aromatic nitrogens is 1. The lowest BCUT2D eigenvalue weighted by Gasteiger charge is -2.13. The molecule has 0 saturated carbocycles. The molecular formula is C17H24N2OS. The first-order valence-electron chi connectivity index (χ1n) is 7.79. The molecule has 1 atom stereocenters. The minimum Gasteiger partial charge on any atom is -0.330 e. The van der Waals surface area contributed by atoms with Crippen molar-refractivity contribution >= 4 is 27.3 Å². The number of carbonyl (C=O) groups is 1. The summed E-state index contributed by atoms with van der Waals surface area (Å²) in [4.78, 5) is 16.7. The highest BCUT2D eigenvalue weighted by atomic mass is 32.1. The van der Waals surface area contributed by atoms with Crippen molar-refractivity contribution in [1.29, 1.82) is 0 Å². The largest absolute Gasteiger partial charge is 0.330 e. The summed E-state index contributed by atoms with van der Waals surface area (Å²) >= 11 is 1.63. The van der Waals surface area contributed by atoms with E-state index in [9.17, 15) is 4.79 Å². The van der Waals surface area contributed by atoms with Crippen LogP contribution in [0.15, 0.2) is 24.3 Å². The van der Waals surface area contributed by atoms with Gasteiger partial charge in [0.25, 0.3) is 0 Å². The highest BCUT2D eigenvalue weighted by molar-refractivity contribution is 7.18. The molecule has 0 aliphatic carbocycles. The number of hydrogen-bond acceptors (Lipinski definition) is 4. The van der Waals surface area contributed by atoms with Gasteiger partial charge >= 0.3 is 0 Å². The standard InChI is InChI=1S/C17H24N2OS/c1-2-5-13(10-11-18)8-9-14(20)12-17-19-15-6-3-4-7-16(15)21-17/h3-4,6-7,13H,2,5,8-12,18H2,1H3. The Morgan fingerprint density at radius 2 is 2.10 bits per heavy atom. The van der Waals surface area contributed by atoms with Crippen LogP contribution in [0.4, 0.5) is 0 Å². The molecule has 4 heteroatoms. The molecule has 0 aliphatic rings. The van der Waals surface area contributed by atoms with Crippen LogP contribution in [0.5, 0.6) is 0 Å². The maximum Gasteiger partial charge on any atom is 0.139 e. The summed E-state index contributed by atoms with van der Waals surface area (Å²) in [5.74, 6) is 0.895. The van der Waals surface area contributed by atoms with E-state index in [1.807, 2.05) is 18.2 Å². The second-order valence-corrected chi connectivity index (χ2v) is 6.68. The van der Waals surface area contributed by atoms with E-state index in [4.69, 9.17) is 5.73 Å². The summed E-state index contributed by atoms with van der Waals surface area (Å²) in [7, 11) is 0. The predicted octanol–water partition coefficient (Wildman–Crippen LogP) is 3.95. The summed E-state index contributed by atoms with van der Waals surface area (Å²) in [6, 6.07) is 8.04. The molecule has 2 aromatic rings. The number of Topliss-reactive ketones (excluding diaryl/α,β-unsaturated/α-hetero) is 1.